The summed E-state index contributed by atoms with van der Waals surface area (Å²) in [5.74, 6) is 0.272. The Balaban J connectivity index is 2.34. The number of nitrogens with one attached hydrogen (secondary N) is 1. The largest absolute Gasteiger partial charge is 0.494 e. The quantitative estimate of drug-likeness (QED) is 0.759. The summed E-state index contributed by atoms with van der Waals surface area (Å²) in [5.41, 5.74) is -0.673. The number of unbranched alkanes of at least 4 members (excludes halogenated alkanes) is 1. The molecule has 0 atom stereocenters. The van der Waals surface area contributed by atoms with E-state index in [2.05, 4.69) is 5.32 Å². The maximum Gasteiger partial charge on any atom is 0.416 e. The fourth-order valence-electron chi connectivity index (χ4n) is 1.48. The van der Waals surface area contributed by atoms with Gasteiger partial charge in [-0.25, -0.2) is 0 Å². The molecule has 2 nitrogen and oxygen atoms in total. The Kier molecular flexibility index (Phi) is 5.98. The molecule has 0 saturated carbocycles. The van der Waals surface area contributed by atoms with Crippen molar-refractivity contribution in [3.05, 3.63) is 29.8 Å². The molecule has 1 aromatic rings. The van der Waals surface area contributed by atoms with Crippen molar-refractivity contribution in [1.82, 2.24) is 5.32 Å². The molecule has 1 rings (SSSR count). The molecule has 1 N–H and O–H groups in total. The molecule has 0 heterocycles. The molecule has 18 heavy (non-hydrogen) atoms. The highest BCUT2D eigenvalue weighted by Crippen LogP contribution is 2.31. The van der Waals surface area contributed by atoms with E-state index in [0.29, 0.717) is 6.61 Å². The van der Waals surface area contributed by atoms with Crippen LogP contribution in [0.1, 0.15) is 25.3 Å². The van der Waals surface area contributed by atoms with Gasteiger partial charge in [0.25, 0.3) is 0 Å². The number of benzene rings is 1. The molecule has 0 radical (unpaired) electrons. The Morgan fingerprint density at radius 3 is 2.67 bits per heavy atom. The van der Waals surface area contributed by atoms with E-state index < -0.39 is 11.7 Å². The minimum absolute atomic E-state index is 0.272. The summed E-state index contributed by atoms with van der Waals surface area (Å²) in [4.78, 5) is 0. The second-order valence-electron chi connectivity index (χ2n) is 3.93. The maximum absolute atomic E-state index is 12.4. The summed E-state index contributed by atoms with van der Waals surface area (Å²) in [7, 11) is 0. The van der Waals surface area contributed by atoms with E-state index in [-0.39, 0.29) is 5.75 Å². The van der Waals surface area contributed by atoms with Crippen LogP contribution < -0.4 is 10.1 Å². The van der Waals surface area contributed by atoms with Crippen LogP contribution in [0.25, 0.3) is 0 Å². The van der Waals surface area contributed by atoms with Crippen LogP contribution in [-0.2, 0) is 6.18 Å². The van der Waals surface area contributed by atoms with Crippen LogP contribution in [0.2, 0.25) is 0 Å². The third-order valence-corrected chi connectivity index (χ3v) is 2.43. The van der Waals surface area contributed by atoms with Crippen LogP contribution in [0.5, 0.6) is 5.75 Å². The van der Waals surface area contributed by atoms with E-state index in [0.717, 1.165) is 38.1 Å². The van der Waals surface area contributed by atoms with Gasteiger partial charge in [-0.1, -0.05) is 13.0 Å². The molecule has 5 heteroatoms. The number of alkyl halides is 3. The standard InChI is InChI=1S/C13H18F3NO/c1-2-17-8-3-4-9-18-12-7-5-6-11(10-12)13(14,15)16/h5-7,10,17H,2-4,8-9H2,1H3. The van der Waals surface area contributed by atoms with Crippen LogP contribution >= 0.6 is 0 Å². The smallest absolute Gasteiger partial charge is 0.416 e. The monoisotopic (exact) mass is 261 g/mol. The zero-order valence-electron chi connectivity index (χ0n) is 10.4. The normalized spacial score (nSPS) is 11.6. The minimum atomic E-state index is -4.32. The molecule has 0 fully saturated rings. The average Bonchev–Trinajstić information content (AvgIpc) is 2.33. The highest BCUT2D eigenvalue weighted by molar-refractivity contribution is 5.30. The van der Waals surface area contributed by atoms with Crippen LogP contribution in [0.15, 0.2) is 24.3 Å². The maximum atomic E-state index is 12.4. The van der Waals surface area contributed by atoms with Gasteiger partial charge in [-0.2, -0.15) is 13.2 Å². The Morgan fingerprint density at radius 2 is 2.00 bits per heavy atom. The van der Waals surface area contributed by atoms with Crippen molar-refractivity contribution in [2.24, 2.45) is 0 Å². The van der Waals surface area contributed by atoms with E-state index in [1.165, 1.54) is 6.07 Å². The third-order valence-electron chi connectivity index (χ3n) is 2.43. The number of hydrogen-bond donors (Lipinski definition) is 1. The topological polar surface area (TPSA) is 21.3 Å². The van der Waals surface area contributed by atoms with Gasteiger partial charge in [0.1, 0.15) is 5.75 Å². The van der Waals surface area contributed by atoms with E-state index in [4.69, 9.17) is 4.74 Å². The summed E-state index contributed by atoms with van der Waals surface area (Å²) in [5, 5.41) is 3.17. The Labute approximate surface area is 105 Å². The van der Waals surface area contributed by atoms with Gasteiger partial charge >= 0.3 is 6.18 Å². The first kappa shape index (κ1) is 14.8. The molecule has 0 bridgehead atoms. The molecule has 0 amide bonds. The lowest BCUT2D eigenvalue weighted by Gasteiger charge is -2.10. The van der Waals surface area contributed by atoms with Gasteiger partial charge < -0.3 is 10.1 Å². The highest BCUT2D eigenvalue weighted by Gasteiger charge is 2.30. The second-order valence-corrected chi connectivity index (χ2v) is 3.93. The zero-order chi connectivity index (χ0) is 13.4. The molecule has 102 valence electrons. The van der Waals surface area contributed by atoms with Crippen LogP contribution in [0.3, 0.4) is 0 Å². The van der Waals surface area contributed by atoms with Crippen molar-refractivity contribution in [2.45, 2.75) is 25.9 Å². The summed E-state index contributed by atoms with van der Waals surface area (Å²) < 4.78 is 42.6. The Morgan fingerprint density at radius 1 is 1.22 bits per heavy atom. The molecular formula is C13H18F3NO. The summed E-state index contributed by atoms with van der Waals surface area (Å²) >= 11 is 0. The Hall–Kier alpha value is -1.23. The van der Waals surface area contributed by atoms with Crippen LogP contribution in [0, 0.1) is 0 Å². The summed E-state index contributed by atoms with van der Waals surface area (Å²) in [6.07, 6.45) is -2.54. The molecule has 0 aromatic heterocycles. The van der Waals surface area contributed by atoms with Gasteiger partial charge in [0.05, 0.1) is 12.2 Å². The van der Waals surface area contributed by atoms with E-state index in [9.17, 15) is 13.2 Å². The molecule has 0 spiro atoms. The van der Waals surface area contributed by atoms with Crippen molar-refractivity contribution < 1.29 is 17.9 Å². The minimum Gasteiger partial charge on any atom is -0.494 e. The van der Waals surface area contributed by atoms with Crippen LogP contribution in [-0.4, -0.2) is 19.7 Å². The first-order chi connectivity index (χ1) is 8.54. The van der Waals surface area contributed by atoms with Gasteiger partial charge in [0, 0.05) is 0 Å². The van der Waals surface area contributed by atoms with Crippen molar-refractivity contribution in [3.63, 3.8) is 0 Å². The van der Waals surface area contributed by atoms with Crippen molar-refractivity contribution in [2.75, 3.05) is 19.7 Å². The fraction of sp³-hybridized carbons (Fsp3) is 0.538. The molecule has 0 unspecified atom stereocenters. The second kappa shape index (κ2) is 7.26. The van der Waals surface area contributed by atoms with Crippen molar-refractivity contribution in [1.29, 1.82) is 0 Å². The van der Waals surface area contributed by atoms with Gasteiger partial charge in [0.2, 0.25) is 0 Å². The van der Waals surface area contributed by atoms with E-state index in [1.54, 1.807) is 6.07 Å². The highest BCUT2D eigenvalue weighted by atomic mass is 19.4. The molecule has 0 aliphatic heterocycles. The van der Waals surface area contributed by atoms with Crippen molar-refractivity contribution in [3.8, 4) is 5.75 Å². The van der Waals surface area contributed by atoms with E-state index in [1.807, 2.05) is 6.92 Å². The third kappa shape index (κ3) is 5.40. The number of ether oxygens (including phenoxy) is 1. The van der Waals surface area contributed by atoms with Gasteiger partial charge in [-0.05, 0) is 44.1 Å². The zero-order valence-corrected chi connectivity index (χ0v) is 10.4. The van der Waals surface area contributed by atoms with Gasteiger partial charge in [0.15, 0.2) is 0 Å². The predicted octanol–water partition coefficient (Wildman–Crippen LogP) is 3.47. The Bertz CT molecular complexity index is 352. The van der Waals surface area contributed by atoms with Crippen molar-refractivity contribution >= 4 is 0 Å². The first-order valence-electron chi connectivity index (χ1n) is 6.05. The van der Waals surface area contributed by atoms with Crippen LogP contribution in [0.4, 0.5) is 13.2 Å². The number of halogens is 3. The number of hydrogen-bond acceptors (Lipinski definition) is 2. The first-order valence-corrected chi connectivity index (χ1v) is 6.05. The molecule has 0 aliphatic carbocycles. The summed E-state index contributed by atoms with van der Waals surface area (Å²) in [6, 6.07) is 4.97. The fourth-order valence-corrected chi connectivity index (χ4v) is 1.48. The van der Waals surface area contributed by atoms with Gasteiger partial charge in [-0.15, -0.1) is 0 Å². The van der Waals surface area contributed by atoms with E-state index >= 15 is 0 Å². The summed E-state index contributed by atoms with van der Waals surface area (Å²) in [6.45, 7) is 4.29. The molecule has 0 saturated heterocycles. The average molecular weight is 261 g/mol. The SMILES string of the molecule is CCNCCCCOc1cccc(C(F)(F)F)c1. The number of rotatable bonds is 7. The lowest BCUT2D eigenvalue weighted by molar-refractivity contribution is -0.137. The lowest BCUT2D eigenvalue weighted by atomic mass is 10.2. The molecule has 0 aliphatic rings. The molecule has 1 aromatic carbocycles. The predicted molar refractivity (Wildman–Crippen MR) is 64.7 cm³/mol. The lowest BCUT2D eigenvalue weighted by Crippen LogP contribution is -2.14. The van der Waals surface area contributed by atoms with Gasteiger partial charge in [-0.3, -0.25) is 0 Å². The molecular weight excluding hydrogens is 243 g/mol.